The molecule has 0 fully saturated rings. The molecular weight excluding hydrogens is 399 g/mol. The van der Waals surface area contributed by atoms with E-state index in [1.54, 1.807) is 25.3 Å². The zero-order valence-corrected chi connectivity index (χ0v) is 17.4. The summed E-state index contributed by atoms with van der Waals surface area (Å²) in [6.45, 7) is 3.50. The third-order valence-corrected chi connectivity index (χ3v) is 7.04. The largest absolute Gasteiger partial charge is 0.369 e. The molecule has 28 heavy (non-hydrogen) atoms. The van der Waals surface area contributed by atoms with E-state index in [1.807, 2.05) is 19.1 Å². The van der Waals surface area contributed by atoms with Crippen LogP contribution in [0.25, 0.3) is 0 Å². The van der Waals surface area contributed by atoms with E-state index in [0.29, 0.717) is 17.0 Å². The van der Waals surface area contributed by atoms with Gasteiger partial charge < -0.3 is 5.73 Å². The fraction of sp³-hybridized carbons (Fsp3) is 0.316. The second kappa shape index (κ2) is 7.21. The number of nitrogens with zero attached hydrogens (tertiary/aromatic N) is 3. The number of pyridine rings is 1. The molecular formula is C19H21FN4O2S2. The summed E-state index contributed by atoms with van der Waals surface area (Å²) >= 11 is 5.47. The lowest BCUT2D eigenvalue weighted by Crippen LogP contribution is -2.50. The van der Waals surface area contributed by atoms with Gasteiger partial charge in [-0.2, -0.15) is 0 Å². The lowest BCUT2D eigenvalue weighted by molar-refractivity contribution is 0.457. The summed E-state index contributed by atoms with van der Waals surface area (Å²) in [6, 6.07) is 8.30. The molecule has 0 saturated heterocycles. The summed E-state index contributed by atoms with van der Waals surface area (Å²) in [4.78, 5) is 9.20. The normalized spacial score (nSPS) is 21.3. The first kappa shape index (κ1) is 20.3. The number of hydrogen-bond acceptors (Lipinski definition) is 6. The van der Waals surface area contributed by atoms with Crippen LogP contribution < -0.4 is 5.73 Å². The average molecular weight is 421 g/mol. The number of halogens is 1. The summed E-state index contributed by atoms with van der Waals surface area (Å²) in [6.07, 6.45) is 2.11. The Balaban J connectivity index is 1.96. The minimum absolute atomic E-state index is 0.169. The van der Waals surface area contributed by atoms with Gasteiger partial charge in [-0.15, -0.1) is 0 Å². The Morgan fingerprint density at radius 2 is 2.07 bits per heavy atom. The highest BCUT2D eigenvalue weighted by Gasteiger charge is 2.41. The van der Waals surface area contributed by atoms with Crippen molar-refractivity contribution in [3.8, 4) is 0 Å². The summed E-state index contributed by atoms with van der Waals surface area (Å²) in [5, 5.41) is 0. The number of hydrogen-bond donors (Lipinski definition) is 1. The maximum atomic E-state index is 14.6. The molecule has 1 aromatic heterocycles. The third kappa shape index (κ3) is 3.90. The number of sulfonamides is 1. The summed E-state index contributed by atoms with van der Waals surface area (Å²) in [5.74, 6) is -1.08. The molecule has 2 heterocycles. The quantitative estimate of drug-likeness (QED) is 0.606. The summed E-state index contributed by atoms with van der Waals surface area (Å²) in [5.41, 5.74) is 7.08. The molecule has 3 rings (SSSR count). The molecule has 1 aliphatic heterocycles. The van der Waals surface area contributed by atoms with Crippen LogP contribution in [0.3, 0.4) is 0 Å². The third-order valence-electron chi connectivity index (χ3n) is 4.74. The highest BCUT2D eigenvalue weighted by molar-refractivity contribution is 7.89. The van der Waals surface area contributed by atoms with E-state index in [9.17, 15) is 12.8 Å². The van der Waals surface area contributed by atoms with E-state index in [1.165, 1.54) is 13.1 Å². The van der Waals surface area contributed by atoms with Gasteiger partial charge in [0.2, 0.25) is 16.0 Å². The van der Waals surface area contributed by atoms with E-state index in [-0.39, 0.29) is 17.3 Å². The Morgan fingerprint density at radius 3 is 2.68 bits per heavy atom. The molecule has 1 aliphatic rings. The van der Waals surface area contributed by atoms with Crippen molar-refractivity contribution in [2.24, 2.45) is 10.7 Å². The van der Waals surface area contributed by atoms with Crippen LogP contribution in [0.2, 0.25) is 0 Å². The lowest BCUT2D eigenvalue weighted by atomic mass is 9.91. The molecule has 0 radical (unpaired) electrons. The van der Waals surface area contributed by atoms with Gasteiger partial charge in [0.25, 0.3) is 0 Å². The zero-order chi connectivity index (χ0) is 20.7. The maximum absolute atomic E-state index is 14.6. The highest BCUT2D eigenvalue weighted by atomic mass is 32.2. The van der Waals surface area contributed by atoms with Crippen LogP contribution >= 0.6 is 12.2 Å². The second-order valence-electron chi connectivity index (χ2n) is 7.10. The van der Waals surface area contributed by atoms with Crippen molar-refractivity contribution in [1.82, 2.24) is 9.29 Å². The van der Waals surface area contributed by atoms with Crippen LogP contribution in [-0.4, -0.2) is 41.3 Å². The summed E-state index contributed by atoms with van der Waals surface area (Å²) < 4.78 is 40.3. The van der Waals surface area contributed by atoms with Crippen molar-refractivity contribution in [2.75, 3.05) is 12.8 Å². The molecule has 1 atom stereocenters. The molecule has 2 N–H and O–H groups in total. The first-order valence-corrected chi connectivity index (χ1v) is 10.6. The predicted molar refractivity (Wildman–Crippen MR) is 111 cm³/mol. The molecule has 0 spiro atoms. The minimum Gasteiger partial charge on any atom is -0.369 e. The Bertz CT molecular complexity index is 1070. The van der Waals surface area contributed by atoms with E-state index in [0.717, 1.165) is 15.4 Å². The van der Waals surface area contributed by atoms with Crippen molar-refractivity contribution in [2.45, 2.75) is 25.8 Å². The maximum Gasteiger partial charge on any atom is 0.239 e. The van der Waals surface area contributed by atoms with Crippen LogP contribution in [0.4, 0.5) is 4.39 Å². The van der Waals surface area contributed by atoms with Crippen LogP contribution in [0.5, 0.6) is 0 Å². The lowest BCUT2D eigenvalue weighted by Gasteiger charge is -2.34. The van der Waals surface area contributed by atoms with Crippen molar-refractivity contribution in [1.29, 1.82) is 0 Å². The number of benzene rings is 1. The Hall–Kier alpha value is -2.39. The van der Waals surface area contributed by atoms with Crippen molar-refractivity contribution in [3.05, 3.63) is 64.7 Å². The first-order chi connectivity index (χ1) is 13.0. The Kier molecular flexibility index (Phi) is 5.24. The predicted octanol–water partition coefficient (Wildman–Crippen LogP) is 2.29. The Morgan fingerprint density at radius 1 is 1.36 bits per heavy atom. The number of thiocarbonyl (C=S) groups is 1. The molecule has 0 unspecified atom stereocenters. The summed E-state index contributed by atoms with van der Waals surface area (Å²) in [7, 11) is -2.36. The number of aromatic nitrogens is 1. The van der Waals surface area contributed by atoms with Gasteiger partial charge in [0.1, 0.15) is 11.4 Å². The van der Waals surface area contributed by atoms with Crippen LogP contribution in [0, 0.1) is 12.7 Å². The highest BCUT2D eigenvalue weighted by Crippen LogP contribution is 2.34. The van der Waals surface area contributed by atoms with Gasteiger partial charge in [0, 0.05) is 30.1 Å². The standard InChI is InChI=1S/C19H21FN4O2S2/c1-12-4-7-16(22-10-12)17(27)9-13-5-6-15(20)14(8-13)19(2)11-28(25,26)24(3)18(21)23-19/h4-8,10H,9,11H2,1-3H3,(H2,21,23)/t19-/m0/s1. The van der Waals surface area contributed by atoms with Gasteiger partial charge in [-0.25, -0.2) is 22.1 Å². The molecule has 0 aliphatic carbocycles. The molecule has 6 nitrogen and oxygen atoms in total. The first-order valence-electron chi connectivity index (χ1n) is 8.58. The molecule has 0 amide bonds. The van der Waals surface area contributed by atoms with E-state index >= 15 is 0 Å². The topological polar surface area (TPSA) is 88.7 Å². The second-order valence-corrected chi connectivity index (χ2v) is 9.60. The van der Waals surface area contributed by atoms with E-state index < -0.39 is 21.4 Å². The van der Waals surface area contributed by atoms with Crippen molar-refractivity contribution < 1.29 is 12.8 Å². The van der Waals surface area contributed by atoms with Crippen LogP contribution in [0.15, 0.2) is 41.5 Å². The van der Waals surface area contributed by atoms with Crippen LogP contribution in [-0.2, 0) is 22.0 Å². The van der Waals surface area contributed by atoms with Gasteiger partial charge in [0.05, 0.1) is 11.4 Å². The number of aryl methyl sites for hydroxylation is 1. The average Bonchev–Trinajstić information content (AvgIpc) is 2.61. The monoisotopic (exact) mass is 420 g/mol. The van der Waals surface area contributed by atoms with Gasteiger partial charge in [-0.1, -0.05) is 30.4 Å². The minimum atomic E-state index is -3.69. The SMILES string of the molecule is Cc1ccc(C(=S)Cc2ccc(F)c([C@]3(C)CS(=O)(=O)N(C)C(N)=N3)c2)nc1. The molecule has 1 aromatic carbocycles. The number of nitrogens with two attached hydrogens (primary N) is 1. The fourth-order valence-corrected chi connectivity index (χ4v) is 4.83. The molecule has 148 valence electrons. The zero-order valence-electron chi connectivity index (χ0n) is 15.8. The van der Waals surface area contributed by atoms with Gasteiger partial charge >= 0.3 is 0 Å². The molecule has 0 bridgehead atoms. The van der Waals surface area contributed by atoms with E-state index in [2.05, 4.69) is 9.98 Å². The van der Waals surface area contributed by atoms with E-state index in [4.69, 9.17) is 18.0 Å². The number of rotatable bonds is 4. The number of aliphatic imine (C=N–C) groups is 1. The van der Waals surface area contributed by atoms with Crippen molar-refractivity contribution in [3.63, 3.8) is 0 Å². The van der Waals surface area contributed by atoms with Crippen LogP contribution in [0.1, 0.15) is 29.3 Å². The Labute approximate surface area is 169 Å². The van der Waals surface area contributed by atoms with Gasteiger partial charge in [0.15, 0.2) is 0 Å². The molecule has 2 aromatic rings. The molecule has 0 saturated carbocycles. The van der Waals surface area contributed by atoms with Crippen molar-refractivity contribution >= 4 is 33.1 Å². The fourth-order valence-electron chi connectivity index (χ4n) is 3.09. The van der Waals surface area contributed by atoms with Gasteiger partial charge in [-0.05, 0) is 37.1 Å². The smallest absolute Gasteiger partial charge is 0.239 e. The molecule has 9 heteroatoms. The van der Waals surface area contributed by atoms with Gasteiger partial charge in [-0.3, -0.25) is 4.98 Å². The number of guanidine groups is 1.